The molecule has 6 aromatic rings. The van der Waals surface area contributed by atoms with Crippen molar-refractivity contribution >= 4 is 65.2 Å². The highest BCUT2D eigenvalue weighted by Crippen LogP contribution is 2.29. The first-order chi connectivity index (χ1) is 18.9. The molecular formula is C28H16F2N4O3S2. The molecule has 0 saturated carbocycles. The van der Waals surface area contributed by atoms with E-state index in [1.165, 1.54) is 46.9 Å². The van der Waals surface area contributed by atoms with Crippen molar-refractivity contribution in [2.45, 2.75) is 0 Å². The molecule has 0 fully saturated rings. The quantitative estimate of drug-likeness (QED) is 0.221. The highest BCUT2D eigenvalue weighted by molar-refractivity contribution is 7.22. The van der Waals surface area contributed by atoms with Crippen molar-refractivity contribution in [3.05, 3.63) is 108 Å². The van der Waals surface area contributed by atoms with Crippen molar-refractivity contribution < 1.29 is 23.1 Å². The normalized spacial score (nSPS) is 11.0. The van der Waals surface area contributed by atoms with Crippen LogP contribution in [0.3, 0.4) is 0 Å². The molecule has 2 amide bonds. The predicted octanol–water partition coefficient (Wildman–Crippen LogP) is 7.48. The van der Waals surface area contributed by atoms with Crippen LogP contribution in [0.4, 0.5) is 19.0 Å². The zero-order chi connectivity index (χ0) is 26.9. The predicted molar refractivity (Wildman–Crippen MR) is 148 cm³/mol. The summed E-state index contributed by atoms with van der Waals surface area (Å²) >= 11 is 2.52. The number of fused-ring (bicyclic) bond motifs is 2. The van der Waals surface area contributed by atoms with Gasteiger partial charge in [-0.2, -0.15) is 0 Å². The molecule has 2 N–H and O–H groups in total. The Bertz CT molecular complexity index is 1720. The summed E-state index contributed by atoms with van der Waals surface area (Å²) in [6, 6.07) is 21.6. The second kappa shape index (κ2) is 10.2. The topological polar surface area (TPSA) is 93.2 Å². The lowest BCUT2D eigenvalue weighted by Gasteiger charge is -2.08. The Kier molecular flexibility index (Phi) is 6.43. The van der Waals surface area contributed by atoms with Crippen molar-refractivity contribution in [2.24, 2.45) is 0 Å². The van der Waals surface area contributed by atoms with Crippen LogP contribution in [0.5, 0.6) is 11.5 Å². The van der Waals surface area contributed by atoms with Crippen LogP contribution in [0.15, 0.2) is 84.9 Å². The van der Waals surface area contributed by atoms with Gasteiger partial charge in [0.15, 0.2) is 10.3 Å². The third kappa shape index (κ3) is 5.44. The number of rotatable bonds is 6. The van der Waals surface area contributed by atoms with Crippen LogP contribution in [0, 0.1) is 11.6 Å². The van der Waals surface area contributed by atoms with E-state index in [1.54, 1.807) is 60.7 Å². The highest BCUT2D eigenvalue weighted by Gasteiger charge is 2.13. The number of halogens is 2. The van der Waals surface area contributed by atoms with Crippen LogP contribution >= 0.6 is 22.7 Å². The van der Waals surface area contributed by atoms with E-state index in [9.17, 15) is 18.4 Å². The molecule has 0 spiro atoms. The van der Waals surface area contributed by atoms with Gasteiger partial charge in [0.1, 0.15) is 23.1 Å². The van der Waals surface area contributed by atoms with Crippen molar-refractivity contribution in [1.29, 1.82) is 0 Å². The number of carbonyl (C=O) groups is 2. The minimum absolute atomic E-state index is 0.352. The zero-order valence-electron chi connectivity index (χ0n) is 19.8. The zero-order valence-corrected chi connectivity index (χ0v) is 21.4. The number of carbonyl (C=O) groups excluding carboxylic acids is 2. The first-order valence-corrected chi connectivity index (χ1v) is 13.2. The molecular weight excluding hydrogens is 542 g/mol. The Labute approximate surface area is 227 Å². The second-order valence-electron chi connectivity index (χ2n) is 8.32. The van der Waals surface area contributed by atoms with Gasteiger partial charge in [0.2, 0.25) is 0 Å². The van der Waals surface area contributed by atoms with E-state index in [2.05, 4.69) is 20.6 Å². The molecule has 0 aliphatic heterocycles. The van der Waals surface area contributed by atoms with E-state index in [0.717, 1.165) is 9.40 Å². The van der Waals surface area contributed by atoms with Crippen molar-refractivity contribution in [3.8, 4) is 11.5 Å². The number of hydrogen-bond acceptors (Lipinski definition) is 7. The number of aromatic nitrogens is 2. The van der Waals surface area contributed by atoms with Crippen LogP contribution < -0.4 is 15.4 Å². The Morgan fingerprint density at radius 2 is 1.03 bits per heavy atom. The van der Waals surface area contributed by atoms with Gasteiger partial charge in [-0.25, -0.2) is 18.7 Å². The van der Waals surface area contributed by atoms with Crippen molar-refractivity contribution in [1.82, 2.24) is 9.97 Å². The monoisotopic (exact) mass is 558 g/mol. The van der Waals surface area contributed by atoms with Crippen molar-refractivity contribution in [2.75, 3.05) is 10.6 Å². The van der Waals surface area contributed by atoms with Gasteiger partial charge in [0.05, 0.1) is 20.4 Å². The van der Waals surface area contributed by atoms with E-state index in [4.69, 9.17) is 4.74 Å². The molecule has 192 valence electrons. The van der Waals surface area contributed by atoms with Gasteiger partial charge in [-0.05, 0) is 72.8 Å². The van der Waals surface area contributed by atoms with Gasteiger partial charge in [0.25, 0.3) is 11.8 Å². The molecule has 0 bridgehead atoms. The fourth-order valence-electron chi connectivity index (χ4n) is 3.73. The lowest BCUT2D eigenvalue weighted by Crippen LogP contribution is -2.11. The van der Waals surface area contributed by atoms with Crippen LogP contribution in [0.25, 0.3) is 20.4 Å². The molecule has 0 atom stereocenters. The molecule has 0 unspecified atom stereocenters. The maximum absolute atomic E-state index is 13.4. The van der Waals surface area contributed by atoms with Crippen LogP contribution in [0.1, 0.15) is 20.7 Å². The Hall–Kier alpha value is -4.74. The number of thiazole rings is 2. The number of nitrogens with zero attached hydrogens (tertiary/aromatic N) is 2. The molecule has 11 heteroatoms. The Morgan fingerprint density at radius 3 is 1.44 bits per heavy atom. The first-order valence-electron chi connectivity index (χ1n) is 11.5. The van der Waals surface area contributed by atoms with E-state index < -0.39 is 0 Å². The van der Waals surface area contributed by atoms with E-state index in [0.29, 0.717) is 43.9 Å². The molecule has 0 radical (unpaired) electrons. The standard InChI is InChI=1S/C28H16F2N4O3S2/c29-17-5-11-23-21(13-17)31-27(38-23)33-25(35)15-1-7-19(8-2-15)37-20-9-3-16(4-10-20)26(36)34-28-32-22-14-18(30)6-12-24(22)39-28/h1-14H,(H,31,33,35)(H,32,34,36). The minimum atomic E-state index is -0.387. The molecule has 0 aliphatic carbocycles. The van der Waals surface area contributed by atoms with Gasteiger partial charge in [-0.15, -0.1) is 0 Å². The maximum atomic E-state index is 13.4. The summed E-state index contributed by atoms with van der Waals surface area (Å²) in [5.41, 5.74) is 1.77. The summed E-state index contributed by atoms with van der Waals surface area (Å²) in [6.45, 7) is 0. The lowest BCUT2D eigenvalue weighted by atomic mass is 10.2. The van der Waals surface area contributed by atoms with Gasteiger partial charge in [0, 0.05) is 23.3 Å². The maximum Gasteiger partial charge on any atom is 0.257 e. The molecule has 2 aromatic heterocycles. The smallest absolute Gasteiger partial charge is 0.257 e. The molecule has 2 heterocycles. The number of anilines is 2. The van der Waals surface area contributed by atoms with E-state index >= 15 is 0 Å². The molecule has 7 nitrogen and oxygen atoms in total. The summed E-state index contributed by atoms with van der Waals surface area (Å²) in [5, 5.41) is 6.21. The molecule has 6 rings (SSSR count). The van der Waals surface area contributed by atoms with Crippen LogP contribution in [-0.4, -0.2) is 21.8 Å². The SMILES string of the molecule is O=C(Nc1nc2cc(F)ccc2s1)c1ccc(Oc2ccc(C(=O)Nc3nc4cc(F)ccc4s3)cc2)cc1. The van der Waals surface area contributed by atoms with Gasteiger partial charge in [-0.3, -0.25) is 20.2 Å². The van der Waals surface area contributed by atoms with E-state index in [1.807, 2.05) is 0 Å². The number of ether oxygens (including phenoxy) is 1. The number of nitrogens with one attached hydrogen (secondary N) is 2. The summed E-state index contributed by atoms with van der Waals surface area (Å²) in [4.78, 5) is 33.7. The van der Waals surface area contributed by atoms with Crippen LogP contribution in [0.2, 0.25) is 0 Å². The Balaban J connectivity index is 1.07. The molecule has 4 aromatic carbocycles. The Morgan fingerprint density at radius 1 is 0.615 bits per heavy atom. The number of benzene rings is 4. The average molecular weight is 559 g/mol. The number of amides is 2. The summed E-state index contributed by atoms with van der Waals surface area (Å²) in [6.07, 6.45) is 0. The van der Waals surface area contributed by atoms with Crippen molar-refractivity contribution in [3.63, 3.8) is 0 Å². The lowest BCUT2D eigenvalue weighted by molar-refractivity contribution is 0.101. The fourth-order valence-corrected chi connectivity index (χ4v) is 5.41. The highest BCUT2D eigenvalue weighted by atomic mass is 32.1. The molecule has 0 saturated heterocycles. The summed E-state index contributed by atoms with van der Waals surface area (Å²) < 4.78 is 34.1. The summed E-state index contributed by atoms with van der Waals surface area (Å²) in [5.74, 6) is -0.476. The summed E-state index contributed by atoms with van der Waals surface area (Å²) in [7, 11) is 0. The van der Waals surface area contributed by atoms with Crippen LogP contribution in [-0.2, 0) is 0 Å². The molecule has 39 heavy (non-hydrogen) atoms. The second-order valence-corrected chi connectivity index (χ2v) is 10.4. The average Bonchev–Trinajstić information content (AvgIpc) is 3.51. The number of hydrogen-bond donors (Lipinski definition) is 2. The fraction of sp³-hybridized carbons (Fsp3) is 0. The largest absolute Gasteiger partial charge is 0.457 e. The van der Waals surface area contributed by atoms with Gasteiger partial charge < -0.3 is 4.74 Å². The van der Waals surface area contributed by atoms with Gasteiger partial charge >= 0.3 is 0 Å². The molecule has 0 aliphatic rings. The van der Waals surface area contributed by atoms with Gasteiger partial charge in [-0.1, -0.05) is 22.7 Å². The minimum Gasteiger partial charge on any atom is -0.457 e. The third-order valence-electron chi connectivity index (χ3n) is 5.61. The third-order valence-corrected chi connectivity index (χ3v) is 7.51. The van der Waals surface area contributed by atoms with E-state index in [-0.39, 0.29) is 23.4 Å². The first kappa shape index (κ1) is 24.6.